The second-order valence-electron chi connectivity index (χ2n) is 6.25. The van der Waals surface area contributed by atoms with Gasteiger partial charge in [-0.25, -0.2) is 9.97 Å². The second-order valence-corrected chi connectivity index (χ2v) is 6.25. The molecule has 1 amide bonds. The number of nitrogens with zero attached hydrogens (tertiary/aromatic N) is 3. The molecule has 2 rings (SSSR count). The maximum atomic E-state index is 12.3. The normalized spacial score (nSPS) is 10.7. The SMILES string of the molecule is Cc1nc(C(C)C)ncc1C(=O)NCCCN(C)c1ccccc1. The molecule has 0 atom stereocenters. The minimum Gasteiger partial charge on any atom is -0.375 e. The highest BCUT2D eigenvalue weighted by atomic mass is 16.1. The Morgan fingerprint density at radius 3 is 2.58 bits per heavy atom. The fraction of sp³-hybridized carbons (Fsp3) is 0.421. The Labute approximate surface area is 144 Å². The van der Waals surface area contributed by atoms with Gasteiger partial charge in [0.25, 0.3) is 5.91 Å². The van der Waals surface area contributed by atoms with Gasteiger partial charge in [-0.2, -0.15) is 0 Å². The number of carbonyl (C=O) groups excluding carboxylic acids is 1. The molecule has 0 spiro atoms. The summed E-state index contributed by atoms with van der Waals surface area (Å²) in [4.78, 5) is 23.1. The molecule has 2 aromatic rings. The second kappa shape index (κ2) is 8.43. The van der Waals surface area contributed by atoms with E-state index < -0.39 is 0 Å². The van der Waals surface area contributed by atoms with Gasteiger partial charge in [0.2, 0.25) is 0 Å². The largest absolute Gasteiger partial charge is 0.375 e. The Kier molecular flexibility index (Phi) is 6.29. The molecule has 0 bridgehead atoms. The molecule has 0 radical (unpaired) electrons. The third kappa shape index (κ3) is 4.78. The first kappa shape index (κ1) is 17.9. The Hall–Kier alpha value is -2.43. The number of hydrogen-bond acceptors (Lipinski definition) is 4. The third-order valence-corrected chi connectivity index (χ3v) is 3.91. The van der Waals surface area contributed by atoms with Crippen LogP contribution in [0.4, 0.5) is 5.69 Å². The topological polar surface area (TPSA) is 58.1 Å². The molecule has 1 heterocycles. The zero-order chi connectivity index (χ0) is 17.5. The molecule has 0 saturated heterocycles. The maximum absolute atomic E-state index is 12.3. The Morgan fingerprint density at radius 2 is 1.96 bits per heavy atom. The number of amides is 1. The van der Waals surface area contributed by atoms with Gasteiger partial charge in [0.15, 0.2) is 0 Å². The van der Waals surface area contributed by atoms with Crippen molar-refractivity contribution in [1.29, 1.82) is 0 Å². The van der Waals surface area contributed by atoms with Crippen molar-refractivity contribution >= 4 is 11.6 Å². The van der Waals surface area contributed by atoms with Crippen molar-refractivity contribution in [3.8, 4) is 0 Å². The van der Waals surface area contributed by atoms with Crippen LogP contribution >= 0.6 is 0 Å². The van der Waals surface area contributed by atoms with E-state index >= 15 is 0 Å². The van der Waals surface area contributed by atoms with Gasteiger partial charge < -0.3 is 10.2 Å². The van der Waals surface area contributed by atoms with Crippen molar-refractivity contribution in [1.82, 2.24) is 15.3 Å². The summed E-state index contributed by atoms with van der Waals surface area (Å²) < 4.78 is 0. The lowest BCUT2D eigenvalue weighted by molar-refractivity contribution is 0.0952. The smallest absolute Gasteiger partial charge is 0.254 e. The van der Waals surface area contributed by atoms with Crippen molar-refractivity contribution in [3.05, 3.63) is 53.6 Å². The van der Waals surface area contributed by atoms with Crippen LogP contribution in [0, 0.1) is 6.92 Å². The molecule has 1 N–H and O–H groups in total. The predicted molar refractivity (Wildman–Crippen MR) is 97.5 cm³/mol. The standard InChI is InChI=1S/C19H26N4O/c1-14(2)18-21-13-17(15(3)22-18)19(24)20-11-8-12-23(4)16-9-6-5-7-10-16/h5-7,9-10,13-14H,8,11-12H2,1-4H3,(H,20,24). The number of carbonyl (C=O) groups is 1. The van der Waals surface area contributed by atoms with Gasteiger partial charge in [-0.3, -0.25) is 4.79 Å². The summed E-state index contributed by atoms with van der Waals surface area (Å²) in [5.74, 6) is 0.924. The van der Waals surface area contributed by atoms with Crippen LogP contribution in [0.2, 0.25) is 0 Å². The van der Waals surface area contributed by atoms with Gasteiger partial charge in [-0.1, -0.05) is 32.0 Å². The molecule has 0 fully saturated rings. The minimum atomic E-state index is -0.106. The van der Waals surface area contributed by atoms with Gasteiger partial charge in [0, 0.05) is 37.9 Å². The molecule has 0 aliphatic heterocycles. The molecule has 0 unspecified atom stereocenters. The number of aryl methyl sites for hydroxylation is 1. The zero-order valence-corrected chi connectivity index (χ0v) is 14.9. The highest BCUT2D eigenvalue weighted by Gasteiger charge is 2.12. The van der Waals surface area contributed by atoms with E-state index in [4.69, 9.17) is 0 Å². The van der Waals surface area contributed by atoms with E-state index in [1.165, 1.54) is 5.69 Å². The number of benzene rings is 1. The van der Waals surface area contributed by atoms with E-state index in [1.54, 1.807) is 6.20 Å². The average molecular weight is 326 g/mol. The summed E-state index contributed by atoms with van der Waals surface area (Å²) in [5.41, 5.74) is 2.46. The molecular weight excluding hydrogens is 300 g/mol. The van der Waals surface area contributed by atoms with Gasteiger partial charge >= 0.3 is 0 Å². The Balaban J connectivity index is 1.81. The van der Waals surface area contributed by atoms with Crippen molar-refractivity contribution in [2.75, 3.05) is 25.0 Å². The van der Waals surface area contributed by atoms with Crippen LogP contribution in [0.1, 0.15) is 48.1 Å². The van der Waals surface area contributed by atoms with E-state index in [9.17, 15) is 4.79 Å². The summed E-state index contributed by atoms with van der Waals surface area (Å²) in [6.45, 7) is 7.44. The molecule has 24 heavy (non-hydrogen) atoms. The first-order valence-electron chi connectivity index (χ1n) is 8.37. The van der Waals surface area contributed by atoms with Crippen LogP contribution in [0.3, 0.4) is 0 Å². The van der Waals surface area contributed by atoms with E-state index in [0.717, 1.165) is 24.5 Å². The quantitative estimate of drug-likeness (QED) is 0.794. The Morgan fingerprint density at radius 1 is 1.25 bits per heavy atom. The van der Waals surface area contributed by atoms with Gasteiger partial charge in [0.05, 0.1) is 11.3 Å². The van der Waals surface area contributed by atoms with Crippen LogP contribution in [-0.4, -0.2) is 36.0 Å². The molecule has 1 aromatic carbocycles. The monoisotopic (exact) mass is 326 g/mol. The van der Waals surface area contributed by atoms with E-state index in [1.807, 2.05) is 39.0 Å². The molecule has 5 nitrogen and oxygen atoms in total. The molecule has 128 valence electrons. The number of aromatic nitrogens is 2. The van der Waals surface area contributed by atoms with Crippen molar-refractivity contribution in [2.24, 2.45) is 0 Å². The molecule has 5 heteroatoms. The number of hydrogen-bond donors (Lipinski definition) is 1. The predicted octanol–water partition coefficient (Wildman–Crippen LogP) is 3.16. The average Bonchev–Trinajstić information content (AvgIpc) is 2.58. The lowest BCUT2D eigenvalue weighted by Crippen LogP contribution is -2.29. The fourth-order valence-electron chi connectivity index (χ4n) is 2.41. The molecule has 0 saturated carbocycles. The van der Waals surface area contributed by atoms with Crippen LogP contribution < -0.4 is 10.2 Å². The van der Waals surface area contributed by atoms with E-state index in [-0.39, 0.29) is 11.8 Å². The Bertz CT molecular complexity index is 670. The van der Waals surface area contributed by atoms with Crippen LogP contribution in [0.25, 0.3) is 0 Å². The van der Waals surface area contributed by atoms with E-state index in [2.05, 4.69) is 39.4 Å². The molecule has 1 aromatic heterocycles. The summed E-state index contributed by atoms with van der Waals surface area (Å²) in [6.07, 6.45) is 2.50. The van der Waals surface area contributed by atoms with Crippen LogP contribution in [-0.2, 0) is 0 Å². The summed E-state index contributed by atoms with van der Waals surface area (Å²) in [5, 5.41) is 2.95. The third-order valence-electron chi connectivity index (χ3n) is 3.91. The zero-order valence-electron chi connectivity index (χ0n) is 14.9. The molecule has 0 aliphatic carbocycles. The van der Waals surface area contributed by atoms with Crippen LogP contribution in [0.15, 0.2) is 36.5 Å². The minimum absolute atomic E-state index is 0.106. The first-order chi connectivity index (χ1) is 11.5. The molecular formula is C19H26N4O. The number of rotatable bonds is 7. The first-order valence-corrected chi connectivity index (χ1v) is 8.37. The summed E-state index contributed by atoms with van der Waals surface area (Å²) in [7, 11) is 2.06. The number of nitrogens with one attached hydrogen (secondary N) is 1. The fourth-order valence-corrected chi connectivity index (χ4v) is 2.41. The summed E-state index contributed by atoms with van der Waals surface area (Å²) in [6, 6.07) is 10.2. The van der Waals surface area contributed by atoms with Crippen LogP contribution in [0.5, 0.6) is 0 Å². The highest BCUT2D eigenvalue weighted by Crippen LogP contribution is 2.12. The van der Waals surface area contributed by atoms with Gasteiger partial charge in [-0.05, 0) is 25.5 Å². The molecule has 0 aliphatic rings. The van der Waals surface area contributed by atoms with E-state index in [0.29, 0.717) is 12.1 Å². The summed E-state index contributed by atoms with van der Waals surface area (Å²) >= 11 is 0. The van der Waals surface area contributed by atoms with Crippen molar-refractivity contribution < 1.29 is 4.79 Å². The number of anilines is 1. The van der Waals surface area contributed by atoms with Crippen molar-refractivity contribution in [2.45, 2.75) is 33.1 Å². The van der Waals surface area contributed by atoms with Crippen molar-refractivity contribution in [3.63, 3.8) is 0 Å². The maximum Gasteiger partial charge on any atom is 0.254 e. The van der Waals surface area contributed by atoms with Gasteiger partial charge in [-0.15, -0.1) is 0 Å². The lowest BCUT2D eigenvalue weighted by atomic mass is 10.1. The lowest BCUT2D eigenvalue weighted by Gasteiger charge is -2.19. The number of para-hydroxylation sites is 1. The van der Waals surface area contributed by atoms with Gasteiger partial charge in [0.1, 0.15) is 5.82 Å². The highest BCUT2D eigenvalue weighted by molar-refractivity contribution is 5.94.